The largest absolute Gasteiger partial charge is 0.497 e. The van der Waals surface area contributed by atoms with Crippen LogP contribution in [0.1, 0.15) is 5.56 Å². The van der Waals surface area contributed by atoms with Crippen LogP contribution in [-0.2, 0) is 6.54 Å². The first-order chi connectivity index (χ1) is 8.20. The molecule has 1 heterocycles. The van der Waals surface area contributed by atoms with E-state index in [-0.39, 0.29) is 12.1 Å². The van der Waals surface area contributed by atoms with Crippen molar-refractivity contribution in [3.8, 4) is 5.75 Å². The van der Waals surface area contributed by atoms with Gasteiger partial charge in [0.25, 0.3) is 5.56 Å². The van der Waals surface area contributed by atoms with E-state index in [9.17, 15) is 9.18 Å². The Hall–Kier alpha value is -2.17. The number of nitrogens with zero attached hydrogens (tertiary/aromatic N) is 2. The summed E-state index contributed by atoms with van der Waals surface area (Å²) in [7, 11) is 1.47. The number of methoxy groups -OCH3 is 1. The lowest BCUT2D eigenvalue weighted by atomic mass is 10.2. The highest BCUT2D eigenvalue weighted by molar-refractivity contribution is 5.29. The van der Waals surface area contributed by atoms with E-state index in [1.165, 1.54) is 36.3 Å². The zero-order valence-electron chi connectivity index (χ0n) is 9.26. The normalized spacial score (nSPS) is 10.2. The van der Waals surface area contributed by atoms with Crippen LogP contribution in [0.15, 0.2) is 41.6 Å². The fourth-order valence-electron chi connectivity index (χ4n) is 1.47. The molecular formula is C12H11FN2O2. The Bertz CT molecular complexity index is 581. The topological polar surface area (TPSA) is 44.1 Å². The summed E-state index contributed by atoms with van der Waals surface area (Å²) in [5.41, 5.74) is 0.168. The molecule has 2 aromatic rings. The molecular weight excluding hydrogens is 223 g/mol. The average Bonchev–Trinajstić information content (AvgIpc) is 2.34. The highest BCUT2D eigenvalue weighted by atomic mass is 19.1. The molecule has 1 aromatic heterocycles. The summed E-state index contributed by atoms with van der Waals surface area (Å²) in [6, 6.07) is 4.55. The van der Waals surface area contributed by atoms with Gasteiger partial charge in [0.2, 0.25) is 0 Å². The molecule has 0 spiro atoms. The molecule has 5 heteroatoms. The van der Waals surface area contributed by atoms with Crippen LogP contribution in [0.2, 0.25) is 0 Å². The van der Waals surface area contributed by atoms with Crippen LogP contribution in [0.5, 0.6) is 5.75 Å². The van der Waals surface area contributed by atoms with Gasteiger partial charge in [-0.05, 0) is 6.07 Å². The second-order valence-corrected chi connectivity index (χ2v) is 3.50. The molecule has 0 N–H and O–H groups in total. The van der Waals surface area contributed by atoms with E-state index in [2.05, 4.69) is 4.98 Å². The zero-order chi connectivity index (χ0) is 12.3. The Balaban J connectivity index is 2.31. The second kappa shape index (κ2) is 4.78. The molecule has 88 valence electrons. The molecule has 0 aliphatic carbocycles. The molecule has 0 aliphatic heterocycles. The number of rotatable bonds is 3. The van der Waals surface area contributed by atoms with Gasteiger partial charge < -0.3 is 9.30 Å². The summed E-state index contributed by atoms with van der Waals surface area (Å²) < 4.78 is 19.9. The molecule has 0 bridgehead atoms. The van der Waals surface area contributed by atoms with E-state index in [1.54, 1.807) is 12.1 Å². The van der Waals surface area contributed by atoms with Crippen molar-refractivity contribution < 1.29 is 9.13 Å². The number of aromatic nitrogens is 2. The summed E-state index contributed by atoms with van der Waals surface area (Å²) >= 11 is 0. The Morgan fingerprint density at radius 1 is 1.47 bits per heavy atom. The van der Waals surface area contributed by atoms with Crippen LogP contribution in [0.25, 0.3) is 0 Å². The van der Waals surface area contributed by atoms with Gasteiger partial charge in [0.1, 0.15) is 11.6 Å². The first-order valence-corrected chi connectivity index (χ1v) is 5.03. The summed E-state index contributed by atoms with van der Waals surface area (Å²) in [4.78, 5) is 15.1. The highest BCUT2D eigenvalue weighted by Gasteiger charge is 2.05. The third-order valence-electron chi connectivity index (χ3n) is 2.40. The number of benzene rings is 1. The van der Waals surface area contributed by atoms with Crippen LogP contribution in [0.3, 0.4) is 0 Å². The van der Waals surface area contributed by atoms with Crippen molar-refractivity contribution in [3.63, 3.8) is 0 Å². The zero-order valence-corrected chi connectivity index (χ0v) is 9.26. The minimum Gasteiger partial charge on any atom is -0.497 e. The Morgan fingerprint density at radius 2 is 2.29 bits per heavy atom. The van der Waals surface area contributed by atoms with Crippen LogP contribution in [-0.4, -0.2) is 16.7 Å². The fourth-order valence-corrected chi connectivity index (χ4v) is 1.47. The predicted molar refractivity (Wildman–Crippen MR) is 60.6 cm³/mol. The van der Waals surface area contributed by atoms with E-state index in [0.717, 1.165) is 0 Å². The number of halogens is 1. The summed E-state index contributed by atoms with van der Waals surface area (Å²) in [6.07, 6.45) is 4.20. The molecule has 2 rings (SSSR count). The van der Waals surface area contributed by atoms with Crippen molar-refractivity contribution >= 4 is 0 Å². The van der Waals surface area contributed by atoms with Gasteiger partial charge >= 0.3 is 0 Å². The molecule has 0 saturated heterocycles. The maximum absolute atomic E-state index is 13.6. The van der Waals surface area contributed by atoms with Gasteiger partial charge in [-0.25, -0.2) is 4.39 Å². The SMILES string of the molecule is COc1ccc(Cn2ccncc2=O)c(F)c1. The molecule has 0 saturated carbocycles. The monoisotopic (exact) mass is 234 g/mol. The molecule has 0 atom stereocenters. The van der Waals surface area contributed by atoms with Crippen LogP contribution in [0, 0.1) is 5.82 Å². The number of ether oxygens (including phenoxy) is 1. The van der Waals surface area contributed by atoms with E-state index >= 15 is 0 Å². The van der Waals surface area contributed by atoms with E-state index in [4.69, 9.17) is 4.74 Å². The quantitative estimate of drug-likeness (QED) is 0.807. The first-order valence-electron chi connectivity index (χ1n) is 5.03. The van der Waals surface area contributed by atoms with Crippen molar-refractivity contribution in [2.45, 2.75) is 6.54 Å². The van der Waals surface area contributed by atoms with Gasteiger partial charge in [0, 0.05) is 24.0 Å². The lowest BCUT2D eigenvalue weighted by Gasteiger charge is -2.07. The van der Waals surface area contributed by atoms with Crippen molar-refractivity contribution in [1.29, 1.82) is 0 Å². The van der Waals surface area contributed by atoms with Gasteiger partial charge in [0.05, 0.1) is 19.9 Å². The minimum atomic E-state index is -0.395. The summed E-state index contributed by atoms with van der Waals surface area (Å²) in [6.45, 7) is 0.178. The van der Waals surface area contributed by atoms with E-state index in [1.807, 2.05) is 0 Å². The molecule has 1 aromatic carbocycles. The highest BCUT2D eigenvalue weighted by Crippen LogP contribution is 2.16. The molecule has 0 radical (unpaired) electrons. The first kappa shape index (κ1) is 11.3. The number of hydrogen-bond donors (Lipinski definition) is 0. The predicted octanol–water partition coefficient (Wildman–Crippen LogP) is 1.44. The molecule has 0 aliphatic rings. The lowest BCUT2D eigenvalue weighted by molar-refractivity contribution is 0.410. The smallest absolute Gasteiger partial charge is 0.269 e. The third-order valence-corrected chi connectivity index (χ3v) is 2.40. The maximum Gasteiger partial charge on any atom is 0.269 e. The van der Waals surface area contributed by atoms with Gasteiger partial charge in [-0.1, -0.05) is 6.07 Å². The minimum absolute atomic E-state index is 0.178. The van der Waals surface area contributed by atoms with Crippen LogP contribution in [0.4, 0.5) is 4.39 Å². The fraction of sp³-hybridized carbons (Fsp3) is 0.167. The van der Waals surface area contributed by atoms with Crippen molar-refractivity contribution in [2.24, 2.45) is 0 Å². The van der Waals surface area contributed by atoms with E-state index in [0.29, 0.717) is 11.3 Å². The van der Waals surface area contributed by atoms with Gasteiger partial charge in [-0.2, -0.15) is 0 Å². The van der Waals surface area contributed by atoms with Gasteiger partial charge in [0.15, 0.2) is 0 Å². The molecule has 0 unspecified atom stereocenters. The maximum atomic E-state index is 13.6. The van der Waals surface area contributed by atoms with Crippen molar-refractivity contribution in [2.75, 3.05) is 7.11 Å². The Morgan fingerprint density at radius 3 is 2.94 bits per heavy atom. The Kier molecular flexibility index (Phi) is 3.18. The summed E-state index contributed by atoms with van der Waals surface area (Å²) in [5.74, 6) is 0.0568. The van der Waals surface area contributed by atoms with Gasteiger partial charge in [-0.15, -0.1) is 0 Å². The van der Waals surface area contributed by atoms with Crippen molar-refractivity contribution in [3.05, 3.63) is 58.5 Å². The average molecular weight is 234 g/mol. The molecule has 0 amide bonds. The molecule has 17 heavy (non-hydrogen) atoms. The Labute approximate surface area is 97.3 Å². The second-order valence-electron chi connectivity index (χ2n) is 3.50. The molecule has 4 nitrogen and oxygen atoms in total. The van der Waals surface area contributed by atoms with Crippen LogP contribution >= 0.6 is 0 Å². The van der Waals surface area contributed by atoms with Gasteiger partial charge in [-0.3, -0.25) is 9.78 Å². The summed E-state index contributed by atoms with van der Waals surface area (Å²) in [5, 5.41) is 0. The van der Waals surface area contributed by atoms with Crippen LogP contribution < -0.4 is 10.3 Å². The standard InChI is InChI=1S/C12H11FN2O2/c1-17-10-3-2-9(11(13)6-10)8-15-5-4-14-7-12(15)16/h2-7H,8H2,1H3. The number of hydrogen-bond acceptors (Lipinski definition) is 3. The van der Waals surface area contributed by atoms with E-state index < -0.39 is 5.82 Å². The third kappa shape index (κ3) is 2.50. The molecule has 0 fully saturated rings. The van der Waals surface area contributed by atoms with Crippen molar-refractivity contribution in [1.82, 2.24) is 9.55 Å². The lowest BCUT2D eigenvalue weighted by Crippen LogP contribution is -2.19.